The van der Waals surface area contributed by atoms with Gasteiger partial charge >= 0.3 is 11.9 Å². The van der Waals surface area contributed by atoms with E-state index in [1.807, 2.05) is 0 Å². The van der Waals surface area contributed by atoms with Gasteiger partial charge in [0.2, 0.25) is 9.84 Å². The largest absolute Gasteiger partial charge is 0.480 e. The van der Waals surface area contributed by atoms with Crippen LogP contribution in [0.1, 0.15) is 10.4 Å². The van der Waals surface area contributed by atoms with Gasteiger partial charge in [0.05, 0.1) is 15.4 Å². The Bertz CT molecular complexity index is 1480. The Hall–Kier alpha value is -3.12. The second-order valence-corrected chi connectivity index (χ2v) is 11.8. The van der Waals surface area contributed by atoms with Crippen LogP contribution in [-0.4, -0.2) is 41.6 Å². The maximum absolute atomic E-state index is 13.1. The van der Waals surface area contributed by atoms with E-state index in [0.717, 1.165) is 36.6 Å². The molecular weight excluding hydrogens is 543 g/mol. The molecule has 184 valence electrons. The van der Waals surface area contributed by atoms with E-state index in [0.29, 0.717) is 0 Å². The van der Waals surface area contributed by atoms with Crippen molar-refractivity contribution in [2.45, 2.75) is 14.7 Å². The molecule has 0 radical (unpaired) electrons. The average molecular weight is 559 g/mol. The molecule has 0 saturated heterocycles. The van der Waals surface area contributed by atoms with Crippen molar-refractivity contribution in [1.82, 2.24) is 0 Å². The highest BCUT2D eigenvalue weighted by atomic mass is 35.5. The standard InChI is InChI=1S/C22H16Cl2O9S2/c1-34(27,28)17-6-8-18(9-7-17)35(29,30)20-12-16(24)5-10-19(20)31-13-21(25)32-33-22(26)14-3-2-4-15(23)11-14/h2-12H,13H2,1H3. The number of hydrogen-bond acceptors (Lipinski definition) is 9. The maximum atomic E-state index is 13.1. The highest BCUT2D eigenvalue weighted by Crippen LogP contribution is 2.32. The van der Waals surface area contributed by atoms with E-state index in [4.69, 9.17) is 27.9 Å². The highest BCUT2D eigenvalue weighted by molar-refractivity contribution is 7.91. The summed E-state index contributed by atoms with van der Waals surface area (Å²) in [5.74, 6) is -2.34. The van der Waals surface area contributed by atoms with Gasteiger partial charge in [-0.1, -0.05) is 29.3 Å². The molecule has 0 spiro atoms. The number of carbonyl (C=O) groups is 2. The zero-order valence-corrected chi connectivity index (χ0v) is 20.9. The van der Waals surface area contributed by atoms with Crippen molar-refractivity contribution in [2.24, 2.45) is 0 Å². The number of hydrogen-bond donors (Lipinski definition) is 0. The molecular formula is C22H16Cl2O9S2. The van der Waals surface area contributed by atoms with Crippen LogP contribution < -0.4 is 4.74 Å². The Morgan fingerprint density at radius 3 is 2.06 bits per heavy atom. The second kappa shape index (κ2) is 10.6. The fourth-order valence-corrected chi connectivity index (χ4v) is 5.19. The molecule has 0 aromatic heterocycles. The van der Waals surface area contributed by atoms with Gasteiger partial charge in [-0.3, -0.25) is 0 Å². The summed E-state index contributed by atoms with van der Waals surface area (Å²) in [7, 11) is -7.75. The molecule has 0 heterocycles. The van der Waals surface area contributed by atoms with Crippen LogP contribution in [0.3, 0.4) is 0 Å². The number of halogens is 2. The van der Waals surface area contributed by atoms with Gasteiger partial charge in [-0.25, -0.2) is 36.2 Å². The molecule has 0 fully saturated rings. The Morgan fingerprint density at radius 2 is 1.43 bits per heavy atom. The molecule has 9 nitrogen and oxygen atoms in total. The van der Waals surface area contributed by atoms with E-state index in [1.165, 1.54) is 36.4 Å². The third-order valence-corrected chi connectivity index (χ3v) is 7.76. The SMILES string of the molecule is CS(=O)(=O)c1ccc(S(=O)(=O)c2cc(Cl)ccc2OCC(=O)OOC(=O)c2cccc(Cl)c2)cc1. The molecule has 0 N–H and O–H groups in total. The van der Waals surface area contributed by atoms with Crippen molar-refractivity contribution in [2.75, 3.05) is 12.9 Å². The minimum absolute atomic E-state index is 0.0409. The predicted molar refractivity (Wildman–Crippen MR) is 125 cm³/mol. The van der Waals surface area contributed by atoms with Gasteiger partial charge in [-0.05, 0) is 60.7 Å². The molecule has 0 aliphatic carbocycles. The summed E-state index contributed by atoms with van der Waals surface area (Å²) in [6.45, 7) is -0.806. The van der Waals surface area contributed by atoms with Crippen molar-refractivity contribution in [1.29, 1.82) is 0 Å². The molecule has 35 heavy (non-hydrogen) atoms. The first-order valence-corrected chi connectivity index (χ1v) is 13.7. The summed E-state index contributed by atoms with van der Waals surface area (Å²) in [5, 5.41) is 0.346. The number of ether oxygens (including phenoxy) is 1. The molecule has 3 aromatic carbocycles. The van der Waals surface area contributed by atoms with Crippen LogP contribution in [0, 0.1) is 0 Å². The fraction of sp³-hybridized carbons (Fsp3) is 0.0909. The van der Waals surface area contributed by atoms with E-state index in [9.17, 15) is 26.4 Å². The van der Waals surface area contributed by atoms with Crippen LogP contribution in [-0.2, 0) is 34.2 Å². The predicted octanol–water partition coefficient (Wildman–Crippen LogP) is 3.92. The zero-order valence-electron chi connectivity index (χ0n) is 17.8. The van der Waals surface area contributed by atoms with Crippen LogP contribution in [0.2, 0.25) is 10.0 Å². The van der Waals surface area contributed by atoms with Gasteiger partial charge in [0, 0.05) is 16.3 Å². The third-order valence-electron chi connectivity index (χ3n) is 4.37. The highest BCUT2D eigenvalue weighted by Gasteiger charge is 2.24. The molecule has 0 amide bonds. The van der Waals surface area contributed by atoms with Crippen molar-refractivity contribution in [3.63, 3.8) is 0 Å². The minimum Gasteiger partial charge on any atom is -0.480 e. The van der Waals surface area contributed by atoms with Gasteiger partial charge in [0.1, 0.15) is 10.6 Å². The van der Waals surface area contributed by atoms with Crippen LogP contribution >= 0.6 is 23.2 Å². The van der Waals surface area contributed by atoms with Crippen LogP contribution in [0.15, 0.2) is 81.4 Å². The molecule has 0 aliphatic heterocycles. The van der Waals surface area contributed by atoms with Crippen LogP contribution in [0.25, 0.3) is 0 Å². The Morgan fingerprint density at radius 1 is 0.800 bits per heavy atom. The lowest BCUT2D eigenvalue weighted by Crippen LogP contribution is -2.18. The van der Waals surface area contributed by atoms with Crippen molar-refractivity contribution < 1.29 is 40.9 Å². The van der Waals surface area contributed by atoms with Gasteiger partial charge < -0.3 is 4.74 Å². The quantitative estimate of drug-likeness (QED) is 0.312. The second-order valence-electron chi connectivity index (χ2n) is 6.96. The summed E-state index contributed by atoms with van der Waals surface area (Å²) in [4.78, 5) is 32.1. The van der Waals surface area contributed by atoms with Crippen LogP contribution in [0.4, 0.5) is 0 Å². The number of rotatable bonds is 7. The molecule has 3 rings (SSSR count). The number of sulfone groups is 2. The first-order chi connectivity index (χ1) is 16.4. The summed E-state index contributed by atoms with van der Waals surface area (Å²) in [6, 6.07) is 14.0. The smallest absolute Gasteiger partial charge is 0.392 e. The summed E-state index contributed by atoms with van der Waals surface area (Å²) in [5.41, 5.74) is 0.0409. The van der Waals surface area contributed by atoms with Crippen molar-refractivity contribution in [3.05, 3.63) is 82.3 Å². The van der Waals surface area contributed by atoms with Gasteiger partial charge in [0.15, 0.2) is 16.4 Å². The van der Waals surface area contributed by atoms with Gasteiger partial charge in [-0.2, -0.15) is 0 Å². The first-order valence-electron chi connectivity index (χ1n) is 9.53. The monoisotopic (exact) mass is 558 g/mol. The third kappa shape index (κ3) is 6.73. The lowest BCUT2D eigenvalue weighted by molar-refractivity contribution is -0.235. The van der Waals surface area contributed by atoms with E-state index in [1.54, 1.807) is 0 Å². The first kappa shape index (κ1) is 26.5. The summed E-state index contributed by atoms with van der Waals surface area (Å²) < 4.78 is 54.8. The number of carbonyl (C=O) groups excluding carboxylic acids is 2. The molecule has 3 aromatic rings. The van der Waals surface area contributed by atoms with Gasteiger partial charge in [-0.15, -0.1) is 0 Å². The molecule has 0 saturated carbocycles. The Kier molecular flexibility index (Phi) is 8.06. The van der Waals surface area contributed by atoms with Gasteiger partial charge in [0.25, 0.3) is 0 Å². The lowest BCUT2D eigenvalue weighted by Gasteiger charge is -2.12. The molecule has 0 aliphatic rings. The Labute approximate surface area is 210 Å². The zero-order chi connectivity index (χ0) is 25.8. The minimum atomic E-state index is -4.22. The van der Waals surface area contributed by atoms with Crippen molar-refractivity contribution in [3.8, 4) is 5.75 Å². The van der Waals surface area contributed by atoms with E-state index >= 15 is 0 Å². The molecule has 0 unspecified atom stereocenters. The topological polar surface area (TPSA) is 130 Å². The van der Waals surface area contributed by atoms with Crippen LogP contribution in [0.5, 0.6) is 5.75 Å². The number of benzene rings is 3. The normalized spacial score (nSPS) is 11.5. The average Bonchev–Trinajstić information content (AvgIpc) is 2.81. The van der Waals surface area contributed by atoms with Crippen molar-refractivity contribution >= 4 is 54.8 Å². The lowest BCUT2D eigenvalue weighted by atomic mass is 10.2. The summed E-state index contributed by atoms with van der Waals surface area (Å²) >= 11 is 11.7. The molecule has 0 atom stereocenters. The maximum Gasteiger partial charge on any atom is 0.392 e. The van der Waals surface area contributed by atoms with E-state index in [-0.39, 0.29) is 36.0 Å². The molecule has 13 heteroatoms. The van der Waals surface area contributed by atoms with E-state index in [2.05, 4.69) is 9.78 Å². The summed E-state index contributed by atoms with van der Waals surface area (Å²) in [6.07, 6.45) is 0.991. The van der Waals surface area contributed by atoms with E-state index < -0.39 is 38.2 Å². The fourth-order valence-electron chi connectivity index (χ4n) is 2.71. The molecule has 0 bridgehead atoms. The Balaban J connectivity index is 1.73.